The smallest absolute Gasteiger partial charge is 0.350 e. The Morgan fingerprint density at radius 3 is 2.32 bits per heavy atom. The zero-order chi connectivity index (χ0) is 14.6. The first-order valence-electron chi connectivity index (χ1n) is 5.75. The van der Waals surface area contributed by atoms with Gasteiger partial charge in [0.1, 0.15) is 15.4 Å². The molecule has 3 N–H and O–H groups in total. The summed E-state index contributed by atoms with van der Waals surface area (Å²) < 4.78 is 9.32. The van der Waals surface area contributed by atoms with Crippen molar-refractivity contribution in [2.24, 2.45) is 5.92 Å². The fraction of sp³-hybridized carbons (Fsp3) is 0.500. The van der Waals surface area contributed by atoms with Gasteiger partial charge in [-0.25, -0.2) is 9.59 Å². The molecule has 0 aliphatic heterocycles. The summed E-state index contributed by atoms with van der Waals surface area (Å²) in [4.78, 5) is 23.5. The van der Waals surface area contributed by atoms with Gasteiger partial charge in [-0.3, -0.25) is 0 Å². The van der Waals surface area contributed by atoms with Gasteiger partial charge in [-0.2, -0.15) is 0 Å². The van der Waals surface area contributed by atoms with Gasteiger partial charge in [0.15, 0.2) is 0 Å². The molecule has 0 aromatic carbocycles. The van der Waals surface area contributed by atoms with Crippen LogP contribution in [-0.2, 0) is 9.47 Å². The average Bonchev–Trinajstić information content (AvgIpc) is 2.71. The molecule has 0 aliphatic rings. The summed E-state index contributed by atoms with van der Waals surface area (Å²) in [6.45, 7) is 4.72. The molecule has 1 aromatic rings. The monoisotopic (exact) mass is 286 g/mol. The van der Waals surface area contributed by atoms with Crippen molar-refractivity contribution < 1.29 is 19.1 Å². The topological polar surface area (TPSA) is 90.6 Å². The number of nitrogens with one attached hydrogen (secondary N) is 1. The fourth-order valence-corrected chi connectivity index (χ4v) is 2.45. The van der Waals surface area contributed by atoms with Crippen LogP contribution in [0.4, 0.5) is 10.7 Å². The Kier molecular flexibility index (Phi) is 5.17. The first-order valence-corrected chi connectivity index (χ1v) is 6.56. The highest BCUT2D eigenvalue weighted by molar-refractivity contribution is 7.19. The van der Waals surface area contributed by atoms with Crippen LogP contribution in [0.5, 0.6) is 0 Å². The molecule has 0 saturated carbocycles. The highest BCUT2D eigenvalue weighted by Crippen LogP contribution is 2.36. The number of hydrogen-bond acceptors (Lipinski definition) is 7. The standard InChI is InChI=1S/C12H18N2O4S/c1-6(2)5-14-10-7(11(15)17-3)8(13)9(19-10)12(16)18-4/h6,14H,5,13H2,1-4H3. The molecular formula is C12H18N2O4S. The number of nitrogens with two attached hydrogens (primary N) is 1. The largest absolute Gasteiger partial charge is 0.465 e. The third-order valence-electron chi connectivity index (χ3n) is 2.38. The molecule has 1 rings (SSSR count). The SMILES string of the molecule is COC(=O)c1sc(NCC(C)C)c(C(=O)OC)c1N. The summed E-state index contributed by atoms with van der Waals surface area (Å²) in [5, 5.41) is 3.62. The number of hydrogen-bond donors (Lipinski definition) is 2. The Morgan fingerprint density at radius 2 is 1.84 bits per heavy atom. The highest BCUT2D eigenvalue weighted by atomic mass is 32.1. The van der Waals surface area contributed by atoms with Crippen LogP contribution in [0.25, 0.3) is 0 Å². The van der Waals surface area contributed by atoms with Crippen LogP contribution in [-0.4, -0.2) is 32.7 Å². The summed E-state index contributed by atoms with van der Waals surface area (Å²) in [6.07, 6.45) is 0. The van der Waals surface area contributed by atoms with Gasteiger partial charge in [-0.15, -0.1) is 11.3 Å². The van der Waals surface area contributed by atoms with Crippen LogP contribution in [0, 0.1) is 5.92 Å². The van der Waals surface area contributed by atoms with E-state index in [4.69, 9.17) is 5.73 Å². The Balaban J connectivity index is 3.19. The molecule has 0 aliphatic carbocycles. The number of anilines is 2. The maximum atomic E-state index is 11.7. The second kappa shape index (κ2) is 6.42. The number of ether oxygens (including phenoxy) is 2. The molecule has 0 unspecified atom stereocenters. The number of carbonyl (C=O) groups is 2. The zero-order valence-electron chi connectivity index (χ0n) is 11.4. The van der Waals surface area contributed by atoms with Crippen LogP contribution in [0.3, 0.4) is 0 Å². The molecule has 0 spiro atoms. The maximum absolute atomic E-state index is 11.7. The Labute approximate surface area is 115 Å². The Bertz CT molecular complexity index is 482. The Hall–Kier alpha value is -1.76. The molecule has 1 heterocycles. The molecule has 0 bridgehead atoms. The number of thiophene rings is 1. The van der Waals surface area contributed by atoms with E-state index in [0.717, 1.165) is 11.3 Å². The van der Waals surface area contributed by atoms with Gasteiger partial charge in [0.05, 0.1) is 19.9 Å². The van der Waals surface area contributed by atoms with Gasteiger partial charge in [-0.1, -0.05) is 13.8 Å². The molecule has 106 valence electrons. The van der Waals surface area contributed by atoms with Crippen molar-refractivity contribution in [2.75, 3.05) is 31.8 Å². The minimum Gasteiger partial charge on any atom is -0.465 e. The second-order valence-electron chi connectivity index (χ2n) is 4.31. The first kappa shape index (κ1) is 15.3. The first-order chi connectivity index (χ1) is 8.92. The van der Waals surface area contributed by atoms with Crippen molar-refractivity contribution in [3.63, 3.8) is 0 Å². The van der Waals surface area contributed by atoms with Crippen molar-refractivity contribution in [1.29, 1.82) is 0 Å². The minimum atomic E-state index is -0.574. The summed E-state index contributed by atoms with van der Waals surface area (Å²) >= 11 is 1.09. The van der Waals surface area contributed by atoms with Gasteiger partial charge in [0, 0.05) is 6.54 Å². The summed E-state index contributed by atoms with van der Waals surface area (Å²) in [7, 11) is 2.53. The van der Waals surface area contributed by atoms with E-state index in [2.05, 4.69) is 14.8 Å². The quantitative estimate of drug-likeness (QED) is 0.804. The minimum absolute atomic E-state index is 0.0926. The van der Waals surface area contributed by atoms with Gasteiger partial charge in [0.25, 0.3) is 0 Å². The van der Waals surface area contributed by atoms with E-state index < -0.39 is 11.9 Å². The van der Waals surface area contributed by atoms with E-state index in [0.29, 0.717) is 17.5 Å². The number of rotatable bonds is 5. The van der Waals surface area contributed by atoms with E-state index in [-0.39, 0.29) is 16.1 Å². The predicted octanol–water partition coefficient (Wildman–Crippen LogP) is 1.97. The third kappa shape index (κ3) is 3.37. The second-order valence-corrected chi connectivity index (χ2v) is 5.33. The maximum Gasteiger partial charge on any atom is 0.350 e. The lowest BCUT2D eigenvalue weighted by molar-refractivity contribution is 0.0602. The van der Waals surface area contributed by atoms with Gasteiger partial charge >= 0.3 is 11.9 Å². The van der Waals surface area contributed by atoms with Crippen molar-refractivity contribution in [3.05, 3.63) is 10.4 Å². The molecule has 0 saturated heterocycles. The van der Waals surface area contributed by atoms with E-state index in [1.165, 1.54) is 14.2 Å². The number of methoxy groups -OCH3 is 2. The average molecular weight is 286 g/mol. The van der Waals surface area contributed by atoms with Gasteiger partial charge in [-0.05, 0) is 5.92 Å². The lowest BCUT2D eigenvalue weighted by atomic mass is 10.2. The van der Waals surface area contributed by atoms with E-state index in [1.807, 2.05) is 13.8 Å². The molecule has 0 radical (unpaired) electrons. The molecule has 1 aromatic heterocycles. The van der Waals surface area contributed by atoms with Crippen LogP contribution in [0.2, 0.25) is 0 Å². The highest BCUT2D eigenvalue weighted by Gasteiger charge is 2.26. The predicted molar refractivity (Wildman–Crippen MR) is 74.7 cm³/mol. The molecule has 19 heavy (non-hydrogen) atoms. The van der Waals surface area contributed by atoms with Crippen LogP contribution < -0.4 is 11.1 Å². The summed E-state index contributed by atoms with van der Waals surface area (Å²) in [5.41, 5.74) is 6.11. The number of esters is 2. The lowest BCUT2D eigenvalue weighted by Crippen LogP contribution is -2.12. The number of nitrogen functional groups attached to an aromatic ring is 1. The van der Waals surface area contributed by atoms with Crippen LogP contribution in [0.1, 0.15) is 33.9 Å². The van der Waals surface area contributed by atoms with Crippen molar-refractivity contribution in [1.82, 2.24) is 0 Å². The van der Waals surface area contributed by atoms with Crippen LogP contribution >= 0.6 is 11.3 Å². The summed E-state index contributed by atoms with van der Waals surface area (Å²) in [5.74, 6) is -0.754. The van der Waals surface area contributed by atoms with Crippen molar-refractivity contribution >= 4 is 34.0 Å². The number of carbonyl (C=O) groups excluding carboxylic acids is 2. The molecule has 0 amide bonds. The molecule has 6 nitrogen and oxygen atoms in total. The normalized spacial score (nSPS) is 10.4. The zero-order valence-corrected chi connectivity index (χ0v) is 12.2. The summed E-state index contributed by atoms with van der Waals surface area (Å²) in [6, 6.07) is 0. The Morgan fingerprint density at radius 1 is 1.26 bits per heavy atom. The lowest BCUT2D eigenvalue weighted by Gasteiger charge is -2.08. The van der Waals surface area contributed by atoms with Crippen molar-refractivity contribution in [2.45, 2.75) is 13.8 Å². The molecule has 7 heteroatoms. The van der Waals surface area contributed by atoms with E-state index in [1.54, 1.807) is 0 Å². The molecular weight excluding hydrogens is 268 g/mol. The van der Waals surface area contributed by atoms with E-state index >= 15 is 0 Å². The molecule has 0 atom stereocenters. The van der Waals surface area contributed by atoms with E-state index in [9.17, 15) is 9.59 Å². The van der Waals surface area contributed by atoms with Crippen molar-refractivity contribution in [3.8, 4) is 0 Å². The van der Waals surface area contributed by atoms with Gasteiger partial charge in [0.2, 0.25) is 0 Å². The third-order valence-corrected chi connectivity index (χ3v) is 3.52. The van der Waals surface area contributed by atoms with Gasteiger partial charge < -0.3 is 20.5 Å². The van der Waals surface area contributed by atoms with Crippen LogP contribution in [0.15, 0.2) is 0 Å². The molecule has 0 fully saturated rings. The fourth-order valence-electron chi connectivity index (χ4n) is 1.41.